The summed E-state index contributed by atoms with van der Waals surface area (Å²) in [4.78, 5) is 5.34. The van der Waals surface area contributed by atoms with E-state index in [0.717, 1.165) is 12.2 Å². The van der Waals surface area contributed by atoms with Crippen molar-refractivity contribution in [1.82, 2.24) is 5.06 Å². The zero-order valence-corrected chi connectivity index (χ0v) is 7.08. The standard InChI is InChI=1S/C9H12N2O/c1-11-5-7-2-3-9(10)4-8(7)6-12-11/h2-4H,5-6,10H2,1H3. The molecule has 2 rings (SSSR count). The van der Waals surface area contributed by atoms with Gasteiger partial charge in [-0.25, -0.2) is 0 Å². The zero-order valence-electron chi connectivity index (χ0n) is 7.08. The lowest BCUT2D eigenvalue weighted by Crippen LogP contribution is -2.24. The number of hydroxylamine groups is 2. The van der Waals surface area contributed by atoms with Crippen LogP contribution in [-0.2, 0) is 18.0 Å². The Labute approximate surface area is 71.7 Å². The molecule has 0 bridgehead atoms. The number of nitrogens with zero attached hydrogens (tertiary/aromatic N) is 1. The van der Waals surface area contributed by atoms with Gasteiger partial charge in [-0.05, 0) is 23.3 Å². The summed E-state index contributed by atoms with van der Waals surface area (Å²) >= 11 is 0. The van der Waals surface area contributed by atoms with Crippen LogP contribution in [0.25, 0.3) is 0 Å². The fraction of sp³-hybridized carbons (Fsp3) is 0.333. The normalized spacial score (nSPS) is 17.4. The van der Waals surface area contributed by atoms with E-state index in [-0.39, 0.29) is 0 Å². The first-order valence-electron chi connectivity index (χ1n) is 3.97. The second-order valence-corrected chi connectivity index (χ2v) is 3.09. The maximum atomic E-state index is 5.65. The van der Waals surface area contributed by atoms with Crippen LogP contribution in [0.1, 0.15) is 11.1 Å². The van der Waals surface area contributed by atoms with Gasteiger partial charge < -0.3 is 5.73 Å². The van der Waals surface area contributed by atoms with Gasteiger partial charge in [-0.1, -0.05) is 6.07 Å². The smallest absolute Gasteiger partial charge is 0.0939 e. The number of hydrogen-bond donors (Lipinski definition) is 1. The second-order valence-electron chi connectivity index (χ2n) is 3.09. The maximum Gasteiger partial charge on any atom is 0.0939 e. The average Bonchev–Trinajstić information content (AvgIpc) is 2.05. The Morgan fingerprint density at radius 3 is 3.08 bits per heavy atom. The lowest BCUT2D eigenvalue weighted by Gasteiger charge is -2.24. The van der Waals surface area contributed by atoms with Gasteiger partial charge in [0.15, 0.2) is 0 Å². The van der Waals surface area contributed by atoms with E-state index < -0.39 is 0 Å². The molecule has 0 amide bonds. The van der Waals surface area contributed by atoms with Crippen LogP contribution < -0.4 is 5.73 Å². The van der Waals surface area contributed by atoms with E-state index in [2.05, 4.69) is 6.07 Å². The largest absolute Gasteiger partial charge is 0.399 e. The fourth-order valence-corrected chi connectivity index (χ4v) is 1.40. The van der Waals surface area contributed by atoms with E-state index in [1.54, 1.807) is 0 Å². The molecule has 1 aliphatic heterocycles. The van der Waals surface area contributed by atoms with Gasteiger partial charge in [0, 0.05) is 19.3 Å². The van der Waals surface area contributed by atoms with Gasteiger partial charge in [0.05, 0.1) is 6.61 Å². The molecule has 0 spiro atoms. The first-order chi connectivity index (χ1) is 5.75. The van der Waals surface area contributed by atoms with Crippen LogP contribution in [0, 0.1) is 0 Å². The highest BCUT2D eigenvalue weighted by Gasteiger charge is 2.12. The molecule has 0 aliphatic carbocycles. The summed E-state index contributed by atoms with van der Waals surface area (Å²) in [5.41, 5.74) is 8.96. The summed E-state index contributed by atoms with van der Waals surface area (Å²) in [6.45, 7) is 1.48. The third-order valence-corrected chi connectivity index (χ3v) is 2.06. The first-order valence-corrected chi connectivity index (χ1v) is 3.97. The van der Waals surface area contributed by atoms with Gasteiger partial charge in [-0.15, -0.1) is 0 Å². The van der Waals surface area contributed by atoms with Gasteiger partial charge in [0.2, 0.25) is 0 Å². The predicted octanol–water partition coefficient (Wildman–Crippen LogP) is 1.15. The molecule has 0 aromatic heterocycles. The topological polar surface area (TPSA) is 38.5 Å². The van der Waals surface area contributed by atoms with E-state index in [1.165, 1.54) is 11.1 Å². The molecule has 3 nitrogen and oxygen atoms in total. The van der Waals surface area contributed by atoms with Gasteiger partial charge in [0.25, 0.3) is 0 Å². The lowest BCUT2D eigenvalue weighted by molar-refractivity contribution is -0.168. The van der Waals surface area contributed by atoms with Crippen molar-refractivity contribution in [3.8, 4) is 0 Å². The van der Waals surface area contributed by atoms with E-state index >= 15 is 0 Å². The fourth-order valence-electron chi connectivity index (χ4n) is 1.40. The molecule has 0 atom stereocenters. The molecular formula is C9H12N2O. The third kappa shape index (κ3) is 1.29. The molecule has 1 aliphatic rings. The van der Waals surface area contributed by atoms with Crippen molar-refractivity contribution in [2.24, 2.45) is 0 Å². The van der Waals surface area contributed by atoms with Crippen LogP contribution in [0.15, 0.2) is 18.2 Å². The molecule has 2 N–H and O–H groups in total. The Morgan fingerprint density at radius 1 is 1.42 bits per heavy atom. The lowest BCUT2D eigenvalue weighted by atomic mass is 10.1. The Kier molecular flexibility index (Phi) is 1.75. The minimum Gasteiger partial charge on any atom is -0.399 e. The van der Waals surface area contributed by atoms with E-state index in [0.29, 0.717) is 6.61 Å². The zero-order chi connectivity index (χ0) is 8.55. The van der Waals surface area contributed by atoms with E-state index in [4.69, 9.17) is 10.6 Å². The van der Waals surface area contributed by atoms with E-state index in [1.807, 2.05) is 24.2 Å². The van der Waals surface area contributed by atoms with Crippen LogP contribution in [-0.4, -0.2) is 12.1 Å². The minimum atomic E-state index is 0.636. The maximum absolute atomic E-state index is 5.65. The minimum absolute atomic E-state index is 0.636. The van der Waals surface area contributed by atoms with E-state index in [9.17, 15) is 0 Å². The molecule has 1 aromatic carbocycles. The predicted molar refractivity (Wildman–Crippen MR) is 47.1 cm³/mol. The van der Waals surface area contributed by atoms with Crippen molar-refractivity contribution >= 4 is 5.69 Å². The van der Waals surface area contributed by atoms with Crippen molar-refractivity contribution < 1.29 is 4.84 Å². The Hall–Kier alpha value is -1.06. The number of anilines is 1. The molecular weight excluding hydrogens is 152 g/mol. The van der Waals surface area contributed by atoms with Crippen molar-refractivity contribution in [3.05, 3.63) is 29.3 Å². The number of hydrogen-bond acceptors (Lipinski definition) is 3. The van der Waals surface area contributed by atoms with Crippen LogP contribution in [0.2, 0.25) is 0 Å². The van der Waals surface area contributed by atoms with Crippen LogP contribution in [0.3, 0.4) is 0 Å². The molecule has 1 heterocycles. The highest BCUT2D eigenvalue weighted by atomic mass is 16.7. The third-order valence-electron chi connectivity index (χ3n) is 2.06. The number of rotatable bonds is 0. The quantitative estimate of drug-likeness (QED) is 0.584. The van der Waals surface area contributed by atoms with Gasteiger partial charge in [-0.3, -0.25) is 4.84 Å². The molecule has 0 saturated carbocycles. The molecule has 0 unspecified atom stereocenters. The molecule has 0 radical (unpaired) electrons. The van der Waals surface area contributed by atoms with Crippen molar-refractivity contribution in [1.29, 1.82) is 0 Å². The average molecular weight is 164 g/mol. The summed E-state index contributed by atoms with van der Waals surface area (Å²) in [6, 6.07) is 5.96. The monoisotopic (exact) mass is 164 g/mol. The highest BCUT2D eigenvalue weighted by molar-refractivity contribution is 5.44. The van der Waals surface area contributed by atoms with Crippen LogP contribution in [0.5, 0.6) is 0 Å². The van der Waals surface area contributed by atoms with Gasteiger partial charge >= 0.3 is 0 Å². The molecule has 0 saturated heterocycles. The molecule has 12 heavy (non-hydrogen) atoms. The summed E-state index contributed by atoms with van der Waals surface area (Å²) < 4.78 is 0. The van der Waals surface area contributed by atoms with Crippen molar-refractivity contribution in [2.75, 3.05) is 12.8 Å². The summed E-state index contributed by atoms with van der Waals surface area (Å²) in [5.74, 6) is 0. The summed E-state index contributed by atoms with van der Waals surface area (Å²) in [7, 11) is 1.93. The number of fused-ring (bicyclic) bond motifs is 1. The summed E-state index contributed by atoms with van der Waals surface area (Å²) in [5, 5.41) is 1.83. The number of benzene rings is 1. The Bertz CT molecular complexity index is 299. The van der Waals surface area contributed by atoms with Crippen molar-refractivity contribution in [3.63, 3.8) is 0 Å². The molecule has 0 fully saturated rings. The Morgan fingerprint density at radius 2 is 2.25 bits per heavy atom. The first kappa shape index (κ1) is 7.58. The highest BCUT2D eigenvalue weighted by Crippen LogP contribution is 2.20. The van der Waals surface area contributed by atoms with Gasteiger partial charge in [0.1, 0.15) is 0 Å². The summed E-state index contributed by atoms with van der Waals surface area (Å²) in [6.07, 6.45) is 0. The number of nitrogen functional groups attached to an aromatic ring is 1. The van der Waals surface area contributed by atoms with Crippen molar-refractivity contribution in [2.45, 2.75) is 13.2 Å². The van der Waals surface area contributed by atoms with Crippen LogP contribution in [0.4, 0.5) is 5.69 Å². The second kappa shape index (κ2) is 2.77. The van der Waals surface area contributed by atoms with Crippen LogP contribution >= 0.6 is 0 Å². The number of nitrogens with two attached hydrogens (primary N) is 1. The molecule has 1 aromatic rings. The molecule has 3 heteroatoms. The SMILES string of the molecule is CN1Cc2ccc(N)cc2CO1. The Balaban J connectivity index is 2.37. The molecule has 64 valence electrons. The van der Waals surface area contributed by atoms with Gasteiger partial charge in [-0.2, -0.15) is 5.06 Å².